The third-order valence-corrected chi connectivity index (χ3v) is 3.49. The number of nitrogen functional groups attached to an aromatic ring is 1. The molecule has 2 aromatic carbocycles. The molecule has 0 spiro atoms. The van der Waals surface area contributed by atoms with Crippen LogP contribution >= 0.6 is 23.2 Å². The number of anilines is 1. The van der Waals surface area contributed by atoms with Gasteiger partial charge in [0.25, 0.3) is 0 Å². The van der Waals surface area contributed by atoms with Crippen LogP contribution in [0.3, 0.4) is 0 Å². The highest BCUT2D eigenvalue weighted by molar-refractivity contribution is 6.39. The first-order valence-corrected chi connectivity index (χ1v) is 6.75. The van der Waals surface area contributed by atoms with Crippen LogP contribution in [0.15, 0.2) is 42.5 Å². The molecule has 0 amide bonds. The van der Waals surface area contributed by atoms with E-state index in [2.05, 4.69) is 0 Å². The van der Waals surface area contributed by atoms with E-state index in [1.807, 2.05) is 30.3 Å². The Morgan fingerprint density at radius 2 is 1.70 bits per heavy atom. The van der Waals surface area contributed by atoms with Crippen molar-refractivity contribution in [3.8, 4) is 0 Å². The van der Waals surface area contributed by atoms with Crippen LogP contribution < -0.4 is 5.73 Å². The summed E-state index contributed by atoms with van der Waals surface area (Å²) in [4.78, 5) is 12.1. The SMILES string of the molecule is CC(OC(=O)c1cc(Cl)c(N)c(Cl)c1)c1ccccc1. The van der Waals surface area contributed by atoms with Gasteiger partial charge in [-0.15, -0.1) is 0 Å². The van der Waals surface area contributed by atoms with Gasteiger partial charge in [0.05, 0.1) is 21.3 Å². The van der Waals surface area contributed by atoms with E-state index < -0.39 is 5.97 Å². The second-order valence-corrected chi connectivity index (χ2v) is 5.13. The molecule has 0 aliphatic carbocycles. The van der Waals surface area contributed by atoms with Crippen molar-refractivity contribution in [1.82, 2.24) is 0 Å². The lowest BCUT2D eigenvalue weighted by molar-refractivity contribution is 0.0338. The molecule has 2 N–H and O–H groups in total. The molecule has 104 valence electrons. The monoisotopic (exact) mass is 309 g/mol. The fourth-order valence-electron chi connectivity index (χ4n) is 1.72. The van der Waals surface area contributed by atoms with E-state index >= 15 is 0 Å². The maximum Gasteiger partial charge on any atom is 0.338 e. The first-order chi connectivity index (χ1) is 9.49. The molecule has 0 aromatic heterocycles. The Labute approximate surface area is 127 Å². The Bertz CT molecular complexity index is 606. The lowest BCUT2D eigenvalue weighted by Crippen LogP contribution is -2.09. The van der Waals surface area contributed by atoms with Gasteiger partial charge in [-0.25, -0.2) is 4.79 Å². The van der Waals surface area contributed by atoms with E-state index in [-0.39, 0.29) is 27.4 Å². The number of hydrogen-bond acceptors (Lipinski definition) is 3. The van der Waals surface area contributed by atoms with E-state index in [4.69, 9.17) is 33.7 Å². The first-order valence-electron chi connectivity index (χ1n) is 5.99. The van der Waals surface area contributed by atoms with Gasteiger partial charge in [-0.3, -0.25) is 0 Å². The van der Waals surface area contributed by atoms with Crippen LogP contribution in [0.5, 0.6) is 0 Å². The summed E-state index contributed by atoms with van der Waals surface area (Å²) in [6.07, 6.45) is -0.362. The second kappa shape index (κ2) is 6.16. The molecule has 2 rings (SSSR count). The Balaban J connectivity index is 2.17. The predicted molar refractivity (Wildman–Crippen MR) is 81.1 cm³/mol. The Morgan fingerprint density at radius 1 is 1.15 bits per heavy atom. The number of benzene rings is 2. The molecule has 5 heteroatoms. The zero-order chi connectivity index (χ0) is 14.7. The summed E-state index contributed by atoms with van der Waals surface area (Å²) in [5, 5.41) is 0.466. The number of ether oxygens (including phenoxy) is 1. The Kier molecular flexibility index (Phi) is 4.53. The highest BCUT2D eigenvalue weighted by atomic mass is 35.5. The van der Waals surface area contributed by atoms with E-state index in [9.17, 15) is 4.79 Å². The summed E-state index contributed by atoms with van der Waals surface area (Å²) in [6, 6.07) is 12.3. The van der Waals surface area contributed by atoms with Gasteiger partial charge in [0.15, 0.2) is 0 Å². The summed E-state index contributed by atoms with van der Waals surface area (Å²) in [7, 11) is 0. The second-order valence-electron chi connectivity index (χ2n) is 4.31. The largest absolute Gasteiger partial charge is 0.454 e. The van der Waals surface area contributed by atoms with E-state index in [1.54, 1.807) is 6.92 Å². The summed E-state index contributed by atoms with van der Waals surface area (Å²) in [5.41, 5.74) is 7.06. The first kappa shape index (κ1) is 14.7. The van der Waals surface area contributed by atoms with Crippen molar-refractivity contribution in [1.29, 1.82) is 0 Å². The lowest BCUT2D eigenvalue weighted by atomic mass is 10.1. The smallest absolute Gasteiger partial charge is 0.338 e. The lowest BCUT2D eigenvalue weighted by Gasteiger charge is -2.14. The van der Waals surface area contributed by atoms with Gasteiger partial charge in [-0.1, -0.05) is 53.5 Å². The standard InChI is InChI=1S/C15H13Cl2NO2/c1-9(10-5-3-2-4-6-10)20-15(19)11-7-12(16)14(18)13(17)8-11/h2-9H,18H2,1H3. The topological polar surface area (TPSA) is 52.3 Å². The molecule has 0 aliphatic rings. The third kappa shape index (κ3) is 3.24. The Morgan fingerprint density at radius 3 is 2.25 bits per heavy atom. The number of halogens is 2. The van der Waals surface area contributed by atoms with Crippen molar-refractivity contribution in [3.63, 3.8) is 0 Å². The van der Waals surface area contributed by atoms with Gasteiger partial charge < -0.3 is 10.5 Å². The van der Waals surface area contributed by atoms with Crippen LogP contribution in [-0.2, 0) is 4.74 Å². The number of carbonyl (C=O) groups excluding carboxylic acids is 1. The molecule has 0 saturated heterocycles. The van der Waals surface area contributed by atoms with Crippen molar-refractivity contribution < 1.29 is 9.53 Å². The molecule has 3 nitrogen and oxygen atoms in total. The van der Waals surface area contributed by atoms with Crippen LogP contribution in [0, 0.1) is 0 Å². The molecule has 0 saturated carbocycles. The average Bonchev–Trinajstić information content (AvgIpc) is 2.45. The molecule has 0 fully saturated rings. The van der Waals surface area contributed by atoms with Crippen molar-refractivity contribution in [3.05, 3.63) is 63.6 Å². The van der Waals surface area contributed by atoms with Crippen molar-refractivity contribution in [2.45, 2.75) is 13.0 Å². The van der Waals surface area contributed by atoms with Crippen molar-refractivity contribution in [2.24, 2.45) is 0 Å². The van der Waals surface area contributed by atoms with E-state index in [0.717, 1.165) is 5.56 Å². The zero-order valence-corrected chi connectivity index (χ0v) is 12.3. The summed E-state index contributed by atoms with van der Waals surface area (Å²) < 4.78 is 5.38. The van der Waals surface area contributed by atoms with E-state index in [1.165, 1.54) is 12.1 Å². The predicted octanol–water partition coefficient (Wildman–Crippen LogP) is 4.49. The minimum Gasteiger partial charge on any atom is -0.454 e. The molecule has 0 radical (unpaired) electrons. The fraction of sp³-hybridized carbons (Fsp3) is 0.133. The molecule has 0 aliphatic heterocycles. The Hall–Kier alpha value is -1.71. The molecular formula is C15H13Cl2NO2. The maximum absolute atomic E-state index is 12.1. The summed E-state index contributed by atoms with van der Waals surface area (Å²) in [5.74, 6) is -0.495. The fourth-order valence-corrected chi connectivity index (χ4v) is 2.21. The summed E-state index contributed by atoms with van der Waals surface area (Å²) >= 11 is 11.8. The van der Waals surface area contributed by atoms with Gasteiger partial charge in [-0.05, 0) is 24.6 Å². The zero-order valence-electron chi connectivity index (χ0n) is 10.8. The van der Waals surface area contributed by atoms with Crippen LogP contribution in [0.1, 0.15) is 28.9 Å². The van der Waals surface area contributed by atoms with Gasteiger partial charge in [0, 0.05) is 0 Å². The van der Waals surface area contributed by atoms with Gasteiger partial charge in [-0.2, -0.15) is 0 Å². The molecule has 1 unspecified atom stereocenters. The normalized spacial score (nSPS) is 11.9. The van der Waals surface area contributed by atoms with Crippen molar-refractivity contribution in [2.75, 3.05) is 5.73 Å². The molecule has 20 heavy (non-hydrogen) atoms. The molecule has 0 bridgehead atoms. The third-order valence-electron chi connectivity index (χ3n) is 2.87. The molecule has 1 atom stereocenters. The van der Waals surface area contributed by atoms with Crippen LogP contribution in [0.4, 0.5) is 5.69 Å². The van der Waals surface area contributed by atoms with Gasteiger partial charge >= 0.3 is 5.97 Å². The van der Waals surface area contributed by atoms with Gasteiger partial charge in [0.2, 0.25) is 0 Å². The highest BCUT2D eigenvalue weighted by Crippen LogP contribution is 2.29. The number of nitrogens with two attached hydrogens (primary N) is 1. The van der Waals surface area contributed by atoms with Crippen LogP contribution in [0.25, 0.3) is 0 Å². The van der Waals surface area contributed by atoms with Crippen LogP contribution in [-0.4, -0.2) is 5.97 Å². The number of hydrogen-bond donors (Lipinski definition) is 1. The maximum atomic E-state index is 12.1. The molecule has 0 heterocycles. The quantitative estimate of drug-likeness (QED) is 0.671. The number of esters is 1. The van der Waals surface area contributed by atoms with Gasteiger partial charge in [0.1, 0.15) is 6.10 Å². The number of rotatable bonds is 3. The highest BCUT2D eigenvalue weighted by Gasteiger charge is 2.16. The summed E-state index contributed by atoms with van der Waals surface area (Å²) in [6.45, 7) is 1.80. The number of carbonyl (C=O) groups is 1. The van der Waals surface area contributed by atoms with Crippen LogP contribution in [0.2, 0.25) is 10.0 Å². The molecular weight excluding hydrogens is 297 g/mol. The minimum atomic E-state index is -0.495. The average molecular weight is 310 g/mol. The van der Waals surface area contributed by atoms with E-state index in [0.29, 0.717) is 0 Å². The molecule has 2 aromatic rings. The minimum absolute atomic E-state index is 0.233. The van der Waals surface area contributed by atoms with Crippen molar-refractivity contribution >= 4 is 34.9 Å².